The van der Waals surface area contributed by atoms with Crippen LogP contribution in [0.2, 0.25) is 0 Å². The van der Waals surface area contributed by atoms with Crippen LogP contribution >= 0.6 is 11.3 Å². The quantitative estimate of drug-likeness (QED) is 0.321. The van der Waals surface area contributed by atoms with Crippen LogP contribution in [0.25, 0.3) is 10.2 Å². The smallest absolute Gasteiger partial charge is 0.190 e. The molecule has 0 aliphatic carbocycles. The maximum Gasteiger partial charge on any atom is 0.190 e. The molecule has 0 saturated carbocycles. The van der Waals surface area contributed by atoms with Crippen molar-refractivity contribution < 1.29 is 9.47 Å². The fourth-order valence-corrected chi connectivity index (χ4v) is 4.69. The molecule has 0 aliphatic rings. The number of anilines is 2. The summed E-state index contributed by atoms with van der Waals surface area (Å²) in [5.74, 6) is 1.48. The van der Waals surface area contributed by atoms with Gasteiger partial charge < -0.3 is 19.7 Å². The summed E-state index contributed by atoms with van der Waals surface area (Å²) in [6, 6.07) is 12.7. The number of hydrogen-bond donors (Lipinski definition) is 1. The molecule has 2 aromatic carbocycles. The fourth-order valence-electron chi connectivity index (χ4n) is 3.62. The predicted molar refractivity (Wildman–Crippen MR) is 133 cm³/mol. The molecule has 0 atom stereocenters. The van der Waals surface area contributed by atoms with Crippen LogP contribution in [0, 0.1) is 0 Å². The molecule has 168 valence electrons. The maximum atomic E-state index is 5.56. The van der Waals surface area contributed by atoms with E-state index in [9.17, 15) is 0 Å². The summed E-state index contributed by atoms with van der Waals surface area (Å²) in [7, 11) is 3.35. The zero-order chi connectivity index (χ0) is 22.1. The molecule has 3 rings (SSSR count). The average Bonchev–Trinajstić information content (AvgIpc) is 3.23. The van der Waals surface area contributed by atoms with Crippen LogP contribution < -0.4 is 19.7 Å². The number of benzene rings is 2. The summed E-state index contributed by atoms with van der Waals surface area (Å²) >= 11 is 1.76. The highest BCUT2D eigenvalue weighted by Crippen LogP contribution is 2.38. The molecule has 1 aromatic heterocycles. The first-order valence-electron chi connectivity index (χ1n) is 11.3. The number of nitrogens with zero attached hydrogens (tertiary/aromatic N) is 2. The van der Waals surface area contributed by atoms with Gasteiger partial charge in [-0.3, -0.25) is 0 Å². The Balaban J connectivity index is 1.82. The zero-order valence-electron chi connectivity index (χ0n) is 19.2. The normalized spacial score (nSPS) is 11.1. The zero-order valence-corrected chi connectivity index (χ0v) is 20.1. The van der Waals surface area contributed by atoms with Gasteiger partial charge in [0.05, 0.1) is 24.4 Å². The molecule has 0 aliphatic heterocycles. The van der Waals surface area contributed by atoms with Gasteiger partial charge in [0.15, 0.2) is 16.6 Å². The Morgan fingerprint density at radius 2 is 1.77 bits per heavy atom. The number of fused-ring (bicyclic) bond motifs is 1. The average molecular weight is 442 g/mol. The monoisotopic (exact) mass is 441 g/mol. The number of hydrogen-bond acceptors (Lipinski definition) is 6. The molecule has 5 nitrogen and oxygen atoms in total. The standard InChI is InChI=1S/C25H35N3O2S/c1-5-14-26-15-8-7-9-16-28(20-11-13-22(29-3)23(18-20)30-4)25-27-21-12-10-19(6-2)17-24(21)31-25/h10-13,17-18,26H,5-9,14-16H2,1-4H3. The van der Waals surface area contributed by atoms with Gasteiger partial charge in [0.1, 0.15) is 0 Å². The van der Waals surface area contributed by atoms with Crippen molar-refractivity contribution in [1.82, 2.24) is 10.3 Å². The van der Waals surface area contributed by atoms with Gasteiger partial charge >= 0.3 is 0 Å². The number of unbranched alkanes of at least 4 members (excludes halogenated alkanes) is 2. The number of rotatable bonds is 13. The summed E-state index contributed by atoms with van der Waals surface area (Å²) in [4.78, 5) is 7.28. The van der Waals surface area contributed by atoms with Crippen LogP contribution in [-0.2, 0) is 6.42 Å². The number of methoxy groups -OCH3 is 2. The Morgan fingerprint density at radius 3 is 2.52 bits per heavy atom. The molecular weight excluding hydrogens is 406 g/mol. The Morgan fingerprint density at radius 1 is 0.935 bits per heavy atom. The molecule has 1 heterocycles. The Bertz CT molecular complexity index is 957. The third-order valence-corrected chi connectivity index (χ3v) is 6.46. The van der Waals surface area contributed by atoms with E-state index >= 15 is 0 Å². The third kappa shape index (κ3) is 6.11. The van der Waals surface area contributed by atoms with Gasteiger partial charge in [-0.15, -0.1) is 0 Å². The number of aromatic nitrogens is 1. The number of thiazole rings is 1. The van der Waals surface area contributed by atoms with Crippen LogP contribution in [0.3, 0.4) is 0 Å². The van der Waals surface area contributed by atoms with E-state index in [0.29, 0.717) is 0 Å². The first kappa shape index (κ1) is 23.4. The van der Waals surface area contributed by atoms with Gasteiger partial charge in [0.2, 0.25) is 0 Å². The van der Waals surface area contributed by atoms with Crippen molar-refractivity contribution in [3.63, 3.8) is 0 Å². The van der Waals surface area contributed by atoms with Crippen molar-refractivity contribution in [2.45, 2.75) is 46.0 Å². The molecule has 0 amide bonds. The van der Waals surface area contributed by atoms with E-state index in [0.717, 1.165) is 60.3 Å². The molecule has 6 heteroatoms. The summed E-state index contributed by atoms with van der Waals surface area (Å²) < 4.78 is 12.2. The van der Waals surface area contributed by atoms with Crippen molar-refractivity contribution in [1.29, 1.82) is 0 Å². The van der Waals surface area contributed by atoms with Crippen molar-refractivity contribution in [3.8, 4) is 11.5 Å². The van der Waals surface area contributed by atoms with Crippen molar-refractivity contribution in [3.05, 3.63) is 42.0 Å². The van der Waals surface area contributed by atoms with Crippen LogP contribution in [0.1, 0.15) is 45.1 Å². The molecule has 0 saturated heterocycles. The van der Waals surface area contributed by atoms with E-state index in [1.54, 1.807) is 25.6 Å². The summed E-state index contributed by atoms with van der Waals surface area (Å²) in [5, 5.41) is 4.52. The number of aryl methyl sites for hydroxylation is 1. The summed E-state index contributed by atoms with van der Waals surface area (Å²) in [6.45, 7) is 7.50. The van der Waals surface area contributed by atoms with E-state index in [-0.39, 0.29) is 0 Å². The van der Waals surface area contributed by atoms with Gasteiger partial charge in [-0.05, 0) is 68.6 Å². The molecule has 0 fully saturated rings. The SMILES string of the molecule is CCCNCCCCCN(c1ccc(OC)c(OC)c1)c1nc2ccc(CC)cc2s1. The first-order valence-corrected chi connectivity index (χ1v) is 12.1. The highest BCUT2D eigenvalue weighted by atomic mass is 32.1. The molecule has 0 radical (unpaired) electrons. The second-order valence-corrected chi connectivity index (χ2v) is 8.66. The molecule has 0 unspecified atom stereocenters. The van der Waals surface area contributed by atoms with Crippen LogP contribution in [-0.4, -0.2) is 38.8 Å². The van der Waals surface area contributed by atoms with Crippen LogP contribution in [0.15, 0.2) is 36.4 Å². The van der Waals surface area contributed by atoms with E-state index < -0.39 is 0 Å². The molecule has 1 N–H and O–H groups in total. The molecular formula is C25H35N3O2S. The van der Waals surface area contributed by atoms with Crippen molar-refractivity contribution in [2.75, 3.05) is 38.8 Å². The van der Waals surface area contributed by atoms with E-state index in [4.69, 9.17) is 14.5 Å². The van der Waals surface area contributed by atoms with Crippen molar-refractivity contribution in [2.24, 2.45) is 0 Å². The third-order valence-electron chi connectivity index (χ3n) is 5.42. The Kier molecular flexibility index (Phi) is 8.98. The number of ether oxygens (including phenoxy) is 2. The topological polar surface area (TPSA) is 46.6 Å². The van der Waals surface area contributed by atoms with Gasteiger partial charge in [-0.1, -0.05) is 37.7 Å². The fraction of sp³-hybridized carbons (Fsp3) is 0.480. The van der Waals surface area contributed by atoms with E-state index in [2.05, 4.69) is 48.3 Å². The summed E-state index contributed by atoms with van der Waals surface area (Å²) in [6.07, 6.45) is 5.71. The second-order valence-electron chi connectivity index (χ2n) is 7.65. The minimum absolute atomic E-state index is 0.739. The van der Waals surface area contributed by atoms with Gasteiger partial charge in [-0.2, -0.15) is 0 Å². The highest BCUT2D eigenvalue weighted by Gasteiger charge is 2.17. The number of nitrogens with one attached hydrogen (secondary N) is 1. The van der Waals surface area contributed by atoms with E-state index in [1.165, 1.54) is 29.5 Å². The highest BCUT2D eigenvalue weighted by molar-refractivity contribution is 7.22. The van der Waals surface area contributed by atoms with Crippen LogP contribution in [0.4, 0.5) is 10.8 Å². The lowest BCUT2D eigenvalue weighted by atomic mass is 10.2. The van der Waals surface area contributed by atoms with E-state index in [1.807, 2.05) is 12.1 Å². The van der Waals surface area contributed by atoms with Gasteiger partial charge in [0.25, 0.3) is 0 Å². The minimum Gasteiger partial charge on any atom is -0.493 e. The van der Waals surface area contributed by atoms with Gasteiger partial charge in [-0.25, -0.2) is 4.98 Å². The maximum absolute atomic E-state index is 5.56. The molecule has 31 heavy (non-hydrogen) atoms. The molecule has 0 bridgehead atoms. The lowest BCUT2D eigenvalue weighted by Gasteiger charge is -2.23. The Labute approximate surface area is 190 Å². The van der Waals surface area contributed by atoms with Crippen LogP contribution in [0.5, 0.6) is 11.5 Å². The van der Waals surface area contributed by atoms with Gasteiger partial charge in [0, 0.05) is 18.3 Å². The largest absolute Gasteiger partial charge is 0.493 e. The second kappa shape index (κ2) is 11.9. The first-order chi connectivity index (χ1) is 15.2. The molecule has 3 aromatic rings. The molecule has 0 spiro atoms. The predicted octanol–water partition coefficient (Wildman–Crippen LogP) is 6.18. The summed E-state index contributed by atoms with van der Waals surface area (Å²) in [5.41, 5.74) is 3.49. The Hall–Kier alpha value is -2.31. The lowest BCUT2D eigenvalue weighted by Crippen LogP contribution is -2.19. The lowest BCUT2D eigenvalue weighted by molar-refractivity contribution is 0.355. The van der Waals surface area contributed by atoms with Crippen molar-refractivity contribution >= 4 is 32.4 Å². The minimum atomic E-state index is 0.739.